The topological polar surface area (TPSA) is 52.6 Å². The molecule has 110 valence electrons. The SMILES string of the molecule is Cc1cc(C(=O)N(CCO)CC2CCCN2)ccc1Cl. The van der Waals surface area contributed by atoms with Gasteiger partial charge in [0, 0.05) is 29.7 Å². The molecule has 1 unspecified atom stereocenters. The molecule has 0 spiro atoms. The van der Waals surface area contributed by atoms with Gasteiger partial charge in [-0.2, -0.15) is 0 Å². The average Bonchev–Trinajstić information content (AvgIpc) is 2.93. The van der Waals surface area contributed by atoms with Crippen LogP contribution in [0.15, 0.2) is 18.2 Å². The van der Waals surface area contributed by atoms with Crippen molar-refractivity contribution in [2.45, 2.75) is 25.8 Å². The molecule has 1 amide bonds. The summed E-state index contributed by atoms with van der Waals surface area (Å²) in [6, 6.07) is 5.62. The third-order valence-corrected chi connectivity index (χ3v) is 4.09. The third-order valence-electron chi connectivity index (χ3n) is 3.67. The molecule has 1 fully saturated rings. The van der Waals surface area contributed by atoms with Crippen LogP contribution < -0.4 is 5.32 Å². The Morgan fingerprint density at radius 2 is 2.35 bits per heavy atom. The number of halogens is 1. The van der Waals surface area contributed by atoms with Gasteiger partial charge in [-0.3, -0.25) is 4.79 Å². The summed E-state index contributed by atoms with van der Waals surface area (Å²) in [4.78, 5) is 14.2. The maximum absolute atomic E-state index is 12.5. The van der Waals surface area contributed by atoms with Gasteiger partial charge in [-0.25, -0.2) is 0 Å². The monoisotopic (exact) mass is 296 g/mol. The molecule has 0 radical (unpaired) electrons. The van der Waals surface area contributed by atoms with Crippen molar-refractivity contribution in [3.8, 4) is 0 Å². The Bertz CT molecular complexity index is 473. The molecule has 20 heavy (non-hydrogen) atoms. The molecule has 0 aromatic heterocycles. The second-order valence-electron chi connectivity index (χ2n) is 5.23. The van der Waals surface area contributed by atoms with Crippen molar-refractivity contribution < 1.29 is 9.90 Å². The van der Waals surface area contributed by atoms with Crippen molar-refractivity contribution in [1.29, 1.82) is 0 Å². The molecule has 1 aromatic carbocycles. The van der Waals surface area contributed by atoms with E-state index in [1.807, 2.05) is 6.92 Å². The molecule has 1 saturated heterocycles. The fraction of sp³-hybridized carbons (Fsp3) is 0.533. The first-order valence-electron chi connectivity index (χ1n) is 7.01. The van der Waals surface area contributed by atoms with Gasteiger partial charge in [0.05, 0.1) is 6.61 Å². The van der Waals surface area contributed by atoms with Crippen molar-refractivity contribution in [2.75, 3.05) is 26.2 Å². The number of benzene rings is 1. The number of rotatable bonds is 5. The van der Waals surface area contributed by atoms with Gasteiger partial charge in [0.1, 0.15) is 0 Å². The molecule has 4 nitrogen and oxygen atoms in total. The van der Waals surface area contributed by atoms with E-state index in [1.54, 1.807) is 23.1 Å². The van der Waals surface area contributed by atoms with Crippen LogP contribution in [0.3, 0.4) is 0 Å². The quantitative estimate of drug-likeness (QED) is 0.872. The molecule has 2 rings (SSSR count). The Labute approximate surface area is 124 Å². The van der Waals surface area contributed by atoms with Crippen LogP contribution in [0.1, 0.15) is 28.8 Å². The van der Waals surface area contributed by atoms with E-state index in [1.165, 1.54) is 0 Å². The first-order chi connectivity index (χ1) is 9.61. The molecule has 1 heterocycles. The summed E-state index contributed by atoms with van der Waals surface area (Å²) in [5, 5.41) is 13.2. The smallest absolute Gasteiger partial charge is 0.253 e. The minimum Gasteiger partial charge on any atom is -0.395 e. The van der Waals surface area contributed by atoms with Crippen LogP contribution in [0.2, 0.25) is 5.02 Å². The molecule has 0 saturated carbocycles. The fourth-order valence-corrected chi connectivity index (χ4v) is 2.65. The Balaban J connectivity index is 2.10. The van der Waals surface area contributed by atoms with Crippen molar-refractivity contribution in [2.24, 2.45) is 0 Å². The molecule has 1 atom stereocenters. The Hall–Kier alpha value is -1.10. The highest BCUT2D eigenvalue weighted by Crippen LogP contribution is 2.18. The summed E-state index contributed by atoms with van der Waals surface area (Å²) in [6.45, 7) is 3.87. The first kappa shape index (κ1) is 15.3. The summed E-state index contributed by atoms with van der Waals surface area (Å²) >= 11 is 5.99. The zero-order valence-corrected chi connectivity index (χ0v) is 12.5. The van der Waals surface area contributed by atoms with Gasteiger partial charge in [-0.15, -0.1) is 0 Å². The number of aliphatic hydroxyl groups excluding tert-OH is 1. The number of hydrogen-bond acceptors (Lipinski definition) is 3. The van der Waals surface area contributed by atoms with E-state index in [4.69, 9.17) is 16.7 Å². The van der Waals surface area contributed by atoms with Crippen LogP contribution in [0.5, 0.6) is 0 Å². The minimum absolute atomic E-state index is 0.0228. The van der Waals surface area contributed by atoms with E-state index in [0.717, 1.165) is 24.9 Å². The summed E-state index contributed by atoms with van der Waals surface area (Å²) < 4.78 is 0. The number of nitrogens with one attached hydrogen (secondary N) is 1. The van der Waals surface area contributed by atoms with Crippen LogP contribution in [0.4, 0.5) is 0 Å². The Morgan fingerprint density at radius 1 is 1.55 bits per heavy atom. The third kappa shape index (κ3) is 3.72. The van der Waals surface area contributed by atoms with Gasteiger partial charge >= 0.3 is 0 Å². The van der Waals surface area contributed by atoms with Crippen molar-refractivity contribution in [1.82, 2.24) is 10.2 Å². The van der Waals surface area contributed by atoms with Crippen LogP contribution in [-0.4, -0.2) is 48.2 Å². The summed E-state index contributed by atoms with van der Waals surface area (Å²) in [6.07, 6.45) is 2.22. The highest BCUT2D eigenvalue weighted by molar-refractivity contribution is 6.31. The van der Waals surface area contributed by atoms with Crippen molar-refractivity contribution in [3.63, 3.8) is 0 Å². The molecule has 1 aliphatic heterocycles. The predicted octanol–water partition coefficient (Wildman–Crippen LogP) is 1.83. The van der Waals surface area contributed by atoms with Gasteiger partial charge < -0.3 is 15.3 Å². The second-order valence-corrected chi connectivity index (χ2v) is 5.64. The highest BCUT2D eigenvalue weighted by Gasteiger charge is 2.22. The first-order valence-corrected chi connectivity index (χ1v) is 7.39. The van der Waals surface area contributed by atoms with Gasteiger partial charge in [-0.1, -0.05) is 11.6 Å². The van der Waals surface area contributed by atoms with Crippen LogP contribution >= 0.6 is 11.6 Å². The summed E-state index contributed by atoms with van der Waals surface area (Å²) in [5.74, 6) is -0.0486. The molecule has 0 bridgehead atoms. The molecule has 1 aliphatic rings. The van der Waals surface area contributed by atoms with E-state index in [0.29, 0.717) is 29.7 Å². The Morgan fingerprint density at radius 3 is 2.95 bits per heavy atom. The fourth-order valence-electron chi connectivity index (χ4n) is 2.54. The van der Waals surface area contributed by atoms with E-state index >= 15 is 0 Å². The lowest BCUT2D eigenvalue weighted by Gasteiger charge is -2.25. The van der Waals surface area contributed by atoms with E-state index < -0.39 is 0 Å². The second kappa shape index (κ2) is 7.07. The molecular weight excluding hydrogens is 276 g/mol. The Kier molecular flexibility index (Phi) is 5.40. The molecule has 2 N–H and O–H groups in total. The number of aliphatic hydroxyl groups is 1. The standard InChI is InChI=1S/C15H21ClN2O2/c1-11-9-12(4-5-14(11)16)15(20)18(7-8-19)10-13-3-2-6-17-13/h4-5,9,13,17,19H,2-3,6-8,10H2,1H3. The van der Waals surface area contributed by atoms with Gasteiger partial charge in [0.15, 0.2) is 0 Å². The molecular formula is C15H21ClN2O2. The number of amides is 1. The van der Waals surface area contributed by atoms with Gasteiger partial charge in [0.25, 0.3) is 5.91 Å². The molecule has 0 aliphatic carbocycles. The van der Waals surface area contributed by atoms with Crippen molar-refractivity contribution in [3.05, 3.63) is 34.3 Å². The van der Waals surface area contributed by atoms with Crippen LogP contribution in [-0.2, 0) is 0 Å². The average molecular weight is 297 g/mol. The van der Waals surface area contributed by atoms with Crippen LogP contribution in [0.25, 0.3) is 0 Å². The minimum atomic E-state index is -0.0486. The number of carbonyl (C=O) groups is 1. The maximum atomic E-state index is 12.5. The molecule has 5 heteroatoms. The summed E-state index contributed by atoms with van der Waals surface area (Å²) in [7, 11) is 0. The van der Waals surface area contributed by atoms with Crippen molar-refractivity contribution >= 4 is 17.5 Å². The van der Waals surface area contributed by atoms with E-state index in [9.17, 15) is 4.79 Å². The zero-order chi connectivity index (χ0) is 14.5. The zero-order valence-electron chi connectivity index (χ0n) is 11.7. The van der Waals surface area contributed by atoms with E-state index in [2.05, 4.69) is 5.32 Å². The number of hydrogen-bond donors (Lipinski definition) is 2. The predicted molar refractivity (Wildman–Crippen MR) is 80.2 cm³/mol. The van der Waals surface area contributed by atoms with E-state index in [-0.39, 0.29) is 12.5 Å². The summed E-state index contributed by atoms with van der Waals surface area (Å²) in [5.41, 5.74) is 1.51. The largest absolute Gasteiger partial charge is 0.395 e. The lowest BCUT2D eigenvalue weighted by atomic mass is 10.1. The number of aryl methyl sites for hydroxylation is 1. The van der Waals surface area contributed by atoms with Gasteiger partial charge in [0.2, 0.25) is 0 Å². The lowest BCUT2D eigenvalue weighted by Crippen LogP contribution is -2.42. The van der Waals surface area contributed by atoms with Crippen LogP contribution in [0, 0.1) is 6.92 Å². The normalized spacial score (nSPS) is 18.2. The van der Waals surface area contributed by atoms with Gasteiger partial charge in [-0.05, 0) is 50.1 Å². The number of carbonyl (C=O) groups excluding carboxylic acids is 1. The number of nitrogens with zero attached hydrogens (tertiary/aromatic N) is 1. The maximum Gasteiger partial charge on any atom is 0.253 e. The highest BCUT2D eigenvalue weighted by atomic mass is 35.5. The molecule has 1 aromatic rings. The lowest BCUT2D eigenvalue weighted by molar-refractivity contribution is 0.0706.